The van der Waals surface area contributed by atoms with Gasteiger partial charge in [0.25, 0.3) is 5.91 Å². The number of rotatable bonds is 5. The number of aliphatic imine (C=N–C) groups is 1. The molecule has 1 aromatic heterocycles. The van der Waals surface area contributed by atoms with Crippen molar-refractivity contribution in [2.45, 2.75) is 38.1 Å². The summed E-state index contributed by atoms with van der Waals surface area (Å²) in [5, 5.41) is 7.88. The third-order valence-electron chi connectivity index (χ3n) is 5.80. The topological polar surface area (TPSA) is 72.6 Å². The number of hydrogen-bond donors (Lipinski definition) is 0. The van der Waals surface area contributed by atoms with Crippen molar-refractivity contribution < 1.29 is 27.1 Å². The third-order valence-corrected chi connectivity index (χ3v) is 5.80. The second kappa shape index (κ2) is 8.80. The van der Waals surface area contributed by atoms with E-state index in [-0.39, 0.29) is 29.1 Å². The molecule has 2 bridgehead atoms. The monoisotopic (exact) mass is 463 g/mol. The van der Waals surface area contributed by atoms with Crippen LogP contribution in [0.4, 0.5) is 17.6 Å². The summed E-state index contributed by atoms with van der Waals surface area (Å²) in [6.07, 6.45) is 1.01. The maximum Gasteiger partial charge on any atom is 0.413 e. The summed E-state index contributed by atoms with van der Waals surface area (Å²) in [5.74, 6) is -0.937. The molecule has 1 aliphatic heterocycles. The standard InChI is InChI=1S/C22H21F4N5O2/c1-3-19(27-11-13(2)22(24,25)26)33-18-10-14-9-17(18)30(12-14)21(32)15-5-4-6-16(23)20(15)31-28-7-8-29-31/h3-8,11,14,17-18H,1,9-10,12H2,2H3/b13-11+,27-19+. The molecule has 11 heteroatoms. The number of ether oxygens (including phenoxy) is 1. The Morgan fingerprint density at radius 1 is 1.27 bits per heavy atom. The van der Waals surface area contributed by atoms with E-state index in [0.29, 0.717) is 25.6 Å². The largest absolute Gasteiger partial charge is 0.472 e. The molecule has 0 radical (unpaired) electrons. The highest BCUT2D eigenvalue weighted by Crippen LogP contribution is 2.40. The van der Waals surface area contributed by atoms with Crippen molar-refractivity contribution in [3.63, 3.8) is 0 Å². The Labute approximate surface area is 187 Å². The average Bonchev–Trinajstić information content (AvgIpc) is 3.52. The van der Waals surface area contributed by atoms with E-state index in [1.807, 2.05) is 0 Å². The molecule has 33 heavy (non-hydrogen) atoms. The molecule has 3 atom stereocenters. The van der Waals surface area contributed by atoms with Gasteiger partial charge in [0.05, 0.1) is 24.0 Å². The van der Waals surface area contributed by atoms with Gasteiger partial charge in [0.2, 0.25) is 5.90 Å². The minimum Gasteiger partial charge on any atom is -0.472 e. The smallest absolute Gasteiger partial charge is 0.413 e. The molecule has 3 unspecified atom stereocenters. The Morgan fingerprint density at radius 3 is 2.64 bits per heavy atom. The quantitative estimate of drug-likeness (QED) is 0.381. The number of piperidine rings is 1. The first-order chi connectivity index (χ1) is 15.7. The molecule has 7 nitrogen and oxygen atoms in total. The van der Waals surface area contributed by atoms with E-state index >= 15 is 0 Å². The molecule has 0 spiro atoms. The molecule has 2 aliphatic rings. The van der Waals surface area contributed by atoms with Gasteiger partial charge < -0.3 is 9.64 Å². The summed E-state index contributed by atoms with van der Waals surface area (Å²) in [6.45, 7) is 4.93. The van der Waals surface area contributed by atoms with Crippen LogP contribution in [0.15, 0.2) is 60.0 Å². The number of carbonyl (C=O) groups excluding carboxylic acids is 1. The Bertz CT molecular complexity index is 1110. The lowest BCUT2D eigenvalue weighted by Crippen LogP contribution is -2.46. The zero-order valence-corrected chi connectivity index (χ0v) is 17.7. The highest BCUT2D eigenvalue weighted by Gasteiger charge is 2.49. The van der Waals surface area contributed by atoms with Gasteiger partial charge in [0, 0.05) is 18.3 Å². The Morgan fingerprint density at radius 2 is 2.00 bits per heavy atom. The van der Waals surface area contributed by atoms with Crippen LogP contribution in [0.2, 0.25) is 0 Å². The van der Waals surface area contributed by atoms with Crippen molar-refractivity contribution in [2.75, 3.05) is 6.54 Å². The second-order valence-corrected chi connectivity index (χ2v) is 7.95. The zero-order chi connectivity index (χ0) is 23.8. The molecular weight excluding hydrogens is 442 g/mol. The van der Waals surface area contributed by atoms with Gasteiger partial charge >= 0.3 is 6.18 Å². The lowest BCUT2D eigenvalue weighted by atomic mass is 10.1. The van der Waals surface area contributed by atoms with Gasteiger partial charge in [-0.1, -0.05) is 12.6 Å². The molecule has 2 fully saturated rings. The third kappa shape index (κ3) is 4.53. The fourth-order valence-electron chi connectivity index (χ4n) is 4.22. The predicted octanol–water partition coefficient (Wildman–Crippen LogP) is 4.08. The van der Waals surface area contributed by atoms with Crippen molar-refractivity contribution in [1.29, 1.82) is 0 Å². The first-order valence-electron chi connectivity index (χ1n) is 10.3. The van der Waals surface area contributed by atoms with E-state index in [2.05, 4.69) is 21.8 Å². The number of hydrogen-bond acceptors (Lipinski definition) is 5. The number of nitrogens with zero attached hydrogens (tertiary/aromatic N) is 5. The van der Waals surface area contributed by atoms with E-state index in [1.165, 1.54) is 36.7 Å². The van der Waals surface area contributed by atoms with Gasteiger partial charge in [0.15, 0.2) is 5.82 Å². The molecule has 2 heterocycles. The van der Waals surface area contributed by atoms with Crippen molar-refractivity contribution in [1.82, 2.24) is 19.9 Å². The number of amides is 1. The first kappa shape index (κ1) is 22.7. The molecule has 2 aromatic rings. The zero-order valence-electron chi connectivity index (χ0n) is 17.7. The van der Waals surface area contributed by atoms with Crippen molar-refractivity contribution in [3.8, 4) is 5.69 Å². The molecule has 4 rings (SSSR count). The molecule has 1 amide bonds. The van der Waals surface area contributed by atoms with Crippen LogP contribution in [-0.2, 0) is 4.74 Å². The fourth-order valence-corrected chi connectivity index (χ4v) is 4.22. The Hall–Kier alpha value is -3.50. The number of allylic oxidation sites excluding steroid dienone is 1. The number of para-hydroxylation sites is 1. The first-order valence-corrected chi connectivity index (χ1v) is 10.3. The molecule has 1 saturated carbocycles. The predicted molar refractivity (Wildman–Crippen MR) is 111 cm³/mol. The molecule has 174 valence electrons. The number of fused-ring (bicyclic) bond motifs is 2. The molecule has 1 aliphatic carbocycles. The van der Waals surface area contributed by atoms with E-state index < -0.39 is 29.6 Å². The summed E-state index contributed by atoms with van der Waals surface area (Å²) < 4.78 is 58.5. The lowest BCUT2D eigenvalue weighted by Gasteiger charge is -2.33. The number of benzene rings is 1. The van der Waals surface area contributed by atoms with Crippen molar-refractivity contribution >= 4 is 11.8 Å². The van der Waals surface area contributed by atoms with Gasteiger partial charge in [-0.2, -0.15) is 23.4 Å². The summed E-state index contributed by atoms with van der Waals surface area (Å²) in [6, 6.07) is 3.84. The van der Waals surface area contributed by atoms with Gasteiger partial charge in [-0.15, -0.1) is 4.80 Å². The normalized spacial score (nSPS) is 23.2. The Balaban J connectivity index is 1.55. The minimum atomic E-state index is -4.49. The number of likely N-dealkylation sites (tertiary alicyclic amines) is 1. The van der Waals surface area contributed by atoms with Crippen LogP contribution in [0.25, 0.3) is 5.69 Å². The fraction of sp³-hybridized carbons (Fsp3) is 0.364. The van der Waals surface area contributed by atoms with E-state index in [9.17, 15) is 22.4 Å². The van der Waals surface area contributed by atoms with Crippen molar-refractivity contribution in [3.05, 3.63) is 66.4 Å². The highest BCUT2D eigenvalue weighted by atomic mass is 19.4. The summed E-state index contributed by atoms with van der Waals surface area (Å²) in [5.41, 5.74) is -0.811. The minimum absolute atomic E-state index is 0.0474. The van der Waals surface area contributed by atoms with E-state index in [4.69, 9.17) is 4.74 Å². The van der Waals surface area contributed by atoms with Crippen LogP contribution in [0.3, 0.4) is 0 Å². The van der Waals surface area contributed by atoms with Gasteiger partial charge in [-0.05, 0) is 43.9 Å². The maximum atomic E-state index is 14.6. The maximum absolute atomic E-state index is 14.6. The van der Waals surface area contributed by atoms with Crippen molar-refractivity contribution in [2.24, 2.45) is 10.9 Å². The van der Waals surface area contributed by atoms with Crippen LogP contribution < -0.4 is 0 Å². The van der Waals surface area contributed by atoms with Gasteiger partial charge in [-0.3, -0.25) is 4.79 Å². The van der Waals surface area contributed by atoms with E-state index in [1.54, 1.807) is 4.90 Å². The molecule has 1 aromatic carbocycles. The Kier molecular flexibility index (Phi) is 6.05. The summed E-state index contributed by atoms with van der Waals surface area (Å²) >= 11 is 0. The molecular formula is C22H21F4N5O2. The second-order valence-electron chi connectivity index (χ2n) is 7.95. The average molecular weight is 463 g/mol. The number of aromatic nitrogens is 3. The number of halogens is 4. The van der Waals surface area contributed by atoms with Crippen LogP contribution in [0.5, 0.6) is 0 Å². The van der Waals surface area contributed by atoms with Gasteiger partial charge in [0.1, 0.15) is 11.8 Å². The number of carbonyl (C=O) groups is 1. The molecule has 0 N–H and O–H groups in total. The summed E-state index contributed by atoms with van der Waals surface area (Å²) in [4.78, 5) is 19.8. The number of alkyl halides is 3. The van der Waals surface area contributed by atoms with Crippen LogP contribution in [0.1, 0.15) is 30.1 Å². The molecule has 1 saturated heterocycles. The van der Waals surface area contributed by atoms with Crippen LogP contribution >= 0.6 is 0 Å². The van der Waals surface area contributed by atoms with Crippen LogP contribution in [0, 0.1) is 11.7 Å². The SMILES string of the molecule is C=C/C(=N\C=C(/C)C(F)(F)F)OC1CC2CC1N(C(=O)c1cccc(F)c1-n1nccn1)C2. The van der Waals surface area contributed by atoms with Crippen LogP contribution in [-0.4, -0.2) is 56.6 Å². The lowest BCUT2D eigenvalue weighted by molar-refractivity contribution is -0.0915. The van der Waals surface area contributed by atoms with Gasteiger partial charge in [-0.25, -0.2) is 9.38 Å². The highest BCUT2D eigenvalue weighted by molar-refractivity contribution is 5.98. The summed E-state index contributed by atoms with van der Waals surface area (Å²) in [7, 11) is 0. The van der Waals surface area contributed by atoms with E-state index in [0.717, 1.165) is 11.7 Å².